The van der Waals surface area contributed by atoms with Crippen molar-refractivity contribution < 1.29 is 17.9 Å². The van der Waals surface area contributed by atoms with Crippen molar-refractivity contribution in [3.05, 3.63) is 10.6 Å². The molecule has 3 heterocycles. The van der Waals surface area contributed by atoms with E-state index >= 15 is 8.63 Å². The van der Waals surface area contributed by atoms with E-state index < -0.39 is 6.97 Å². The summed E-state index contributed by atoms with van der Waals surface area (Å²) < 4.78 is 33.0. The van der Waals surface area contributed by atoms with E-state index in [0.29, 0.717) is 15.6 Å². The average molecular weight is 384 g/mol. The molecule has 0 N–H and O–H groups in total. The zero-order chi connectivity index (χ0) is 17.3. The standard InChI is InChI=1S/C17H23BF2N2OS2/c1-10(23)15-16-21(11-6-2-4-8-13(11)24-16)18(19,20)22-12-7-3-5-9-14(12)25-17(15)22/h11-14H,2-9H2,1H3. The van der Waals surface area contributed by atoms with Gasteiger partial charge in [0.1, 0.15) is 11.6 Å². The summed E-state index contributed by atoms with van der Waals surface area (Å²) in [7, 11) is 0. The largest absolute Gasteiger partial charge is 0.729 e. The number of nitrogens with zero attached hydrogens (tertiary/aromatic N) is 2. The van der Waals surface area contributed by atoms with Crippen LogP contribution in [0.25, 0.3) is 0 Å². The van der Waals surface area contributed by atoms with Crippen LogP contribution in [0.2, 0.25) is 0 Å². The van der Waals surface area contributed by atoms with Crippen molar-refractivity contribution in [3.8, 4) is 0 Å². The molecule has 0 amide bonds. The first-order chi connectivity index (χ1) is 12.0. The van der Waals surface area contributed by atoms with Gasteiger partial charge in [-0.15, -0.1) is 11.8 Å². The number of thioether (sulfide) groups is 2. The molecule has 3 aliphatic heterocycles. The Morgan fingerprint density at radius 2 is 1.76 bits per heavy atom. The Kier molecular flexibility index (Phi) is 3.83. The monoisotopic (exact) mass is 384 g/mol. The van der Waals surface area contributed by atoms with Gasteiger partial charge < -0.3 is 17.9 Å². The van der Waals surface area contributed by atoms with Gasteiger partial charge in [0.15, 0.2) is 5.78 Å². The van der Waals surface area contributed by atoms with Crippen molar-refractivity contribution in [2.45, 2.75) is 80.9 Å². The number of Topliss-reactive ketones (excluding diaryl/α,β-unsaturated/α-hetero) is 1. The van der Waals surface area contributed by atoms with E-state index in [2.05, 4.69) is 0 Å². The number of rotatable bonds is 1. The van der Waals surface area contributed by atoms with Crippen molar-refractivity contribution in [1.82, 2.24) is 4.81 Å². The number of hydrogen-bond donors (Lipinski definition) is 0. The molecule has 4 atom stereocenters. The predicted octanol–water partition coefficient (Wildman–Crippen LogP) is 4.00. The maximum Gasteiger partial charge on any atom is 0.729 e. The van der Waals surface area contributed by atoms with Crippen LogP contribution in [0, 0.1) is 0 Å². The fourth-order valence-electron chi connectivity index (χ4n) is 5.42. The minimum absolute atomic E-state index is 0.0522. The molecule has 0 aromatic carbocycles. The third-order valence-corrected chi connectivity index (χ3v) is 9.48. The van der Waals surface area contributed by atoms with E-state index in [9.17, 15) is 4.79 Å². The van der Waals surface area contributed by atoms with E-state index in [-0.39, 0.29) is 28.4 Å². The summed E-state index contributed by atoms with van der Waals surface area (Å²) in [6.07, 6.45) is 7.89. The number of fused-ring (bicyclic) bond motifs is 5. The molecule has 3 fully saturated rings. The molecule has 2 aliphatic carbocycles. The zero-order valence-electron chi connectivity index (χ0n) is 14.4. The molecule has 0 spiro atoms. The van der Waals surface area contributed by atoms with Crippen LogP contribution >= 0.6 is 23.5 Å². The van der Waals surface area contributed by atoms with Gasteiger partial charge in [0.25, 0.3) is 0 Å². The minimum atomic E-state index is -3.80. The van der Waals surface area contributed by atoms with E-state index in [1.54, 1.807) is 30.4 Å². The highest BCUT2D eigenvalue weighted by Crippen LogP contribution is 2.55. The highest BCUT2D eigenvalue weighted by molar-refractivity contribution is 8.15. The van der Waals surface area contributed by atoms with Gasteiger partial charge in [-0.1, -0.05) is 31.0 Å². The summed E-state index contributed by atoms with van der Waals surface area (Å²) in [5, 5.41) is 1.62. The predicted molar refractivity (Wildman–Crippen MR) is 100 cm³/mol. The van der Waals surface area contributed by atoms with Crippen LogP contribution in [0.15, 0.2) is 10.6 Å². The first-order valence-electron chi connectivity index (χ1n) is 9.55. The van der Waals surface area contributed by atoms with Gasteiger partial charge in [-0.25, -0.2) is 0 Å². The number of carbonyl (C=O) groups is 1. The fourth-order valence-corrected chi connectivity index (χ4v) is 8.96. The van der Waals surface area contributed by atoms with Crippen LogP contribution in [-0.2, 0) is 4.79 Å². The maximum atomic E-state index is 15.8. The van der Waals surface area contributed by atoms with Crippen LogP contribution in [0.3, 0.4) is 0 Å². The molecule has 136 valence electrons. The Balaban J connectivity index is 1.67. The second-order valence-electron chi connectivity index (χ2n) is 7.96. The maximum absolute atomic E-state index is 15.8. The van der Waals surface area contributed by atoms with Crippen LogP contribution in [0.1, 0.15) is 58.3 Å². The Labute approximate surface area is 155 Å². The number of halogens is 2. The van der Waals surface area contributed by atoms with Crippen molar-refractivity contribution >= 4 is 41.3 Å². The molecule has 4 unspecified atom stereocenters. The van der Waals surface area contributed by atoms with E-state index in [1.165, 1.54) is 9.30 Å². The third kappa shape index (κ3) is 2.25. The van der Waals surface area contributed by atoms with Gasteiger partial charge in [-0.2, -0.15) is 0 Å². The van der Waals surface area contributed by atoms with Crippen LogP contribution < -0.4 is 0 Å². The lowest BCUT2D eigenvalue weighted by atomic mass is 9.79. The normalized spacial score (nSPS) is 39.1. The van der Waals surface area contributed by atoms with Gasteiger partial charge in [0.05, 0.1) is 10.3 Å². The molecule has 0 aromatic heterocycles. The summed E-state index contributed by atoms with van der Waals surface area (Å²) in [6.45, 7) is -2.25. The molecule has 8 heteroatoms. The third-order valence-electron chi connectivity index (χ3n) is 6.49. The summed E-state index contributed by atoms with van der Waals surface area (Å²) in [5.74, 6) is -0.0522. The van der Waals surface area contributed by atoms with Crippen molar-refractivity contribution in [1.29, 1.82) is 0 Å². The van der Waals surface area contributed by atoms with Crippen LogP contribution in [0.4, 0.5) is 8.63 Å². The summed E-state index contributed by atoms with van der Waals surface area (Å²) in [6, 6.07) is -0.209. The summed E-state index contributed by atoms with van der Waals surface area (Å²) in [5.41, 5.74) is 0.589. The van der Waals surface area contributed by atoms with Crippen molar-refractivity contribution in [2.24, 2.45) is 0 Å². The first-order valence-corrected chi connectivity index (χ1v) is 11.3. The number of carbonyl (C=O) groups excluding carboxylic acids is 1. The number of hydrogen-bond acceptors (Lipinski definition) is 4. The highest BCUT2D eigenvalue weighted by Gasteiger charge is 2.65. The molecule has 5 rings (SSSR count). The van der Waals surface area contributed by atoms with Gasteiger partial charge >= 0.3 is 6.97 Å². The van der Waals surface area contributed by atoms with Gasteiger partial charge in [-0.3, -0.25) is 4.79 Å². The molecule has 0 aromatic rings. The Morgan fingerprint density at radius 1 is 1.08 bits per heavy atom. The Hall–Kier alpha value is -0.495. The van der Waals surface area contributed by atoms with E-state index in [0.717, 1.165) is 51.4 Å². The second kappa shape index (κ2) is 5.75. The lowest BCUT2D eigenvalue weighted by molar-refractivity contribution is -0.474. The van der Waals surface area contributed by atoms with Crippen molar-refractivity contribution in [2.75, 3.05) is 0 Å². The lowest BCUT2D eigenvalue weighted by Crippen LogP contribution is -2.64. The van der Waals surface area contributed by atoms with E-state index in [4.69, 9.17) is 0 Å². The van der Waals surface area contributed by atoms with E-state index in [1.807, 2.05) is 0 Å². The Morgan fingerprint density at radius 3 is 2.52 bits per heavy atom. The summed E-state index contributed by atoms with van der Waals surface area (Å²) in [4.78, 5) is 13.9. The molecular formula is C17H23BF2N2OS2. The zero-order valence-corrected chi connectivity index (χ0v) is 16.1. The molecule has 2 saturated carbocycles. The van der Waals surface area contributed by atoms with Crippen LogP contribution in [0.5, 0.6) is 0 Å². The molecule has 3 nitrogen and oxygen atoms in total. The van der Waals surface area contributed by atoms with Crippen LogP contribution in [-0.4, -0.2) is 49.7 Å². The SMILES string of the molecule is CC(=O)C1=C2SC3CCCCC3N2[B-](F)(F)[N+]2=C1SC1CCCCC12. The first kappa shape index (κ1) is 16.7. The Bertz CT molecular complexity index is 711. The minimum Gasteiger partial charge on any atom is -0.411 e. The molecular weight excluding hydrogens is 361 g/mol. The van der Waals surface area contributed by atoms with Crippen molar-refractivity contribution in [3.63, 3.8) is 0 Å². The quantitative estimate of drug-likeness (QED) is 0.638. The molecule has 25 heavy (non-hydrogen) atoms. The highest BCUT2D eigenvalue weighted by atomic mass is 32.2. The molecule has 0 bridgehead atoms. The lowest BCUT2D eigenvalue weighted by Gasteiger charge is -2.44. The molecule has 1 saturated heterocycles. The van der Waals surface area contributed by atoms with Gasteiger partial charge in [0, 0.05) is 17.7 Å². The molecule has 5 aliphatic rings. The second-order valence-corrected chi connectivity index (χ2v) is 10.4. The molecule has 0 radical (unpaired) electrons. The smallest absolute Gasteiger partial charge is 0.411 e. The van der Waals surface area contributed by atoms with Gasteiger partial charge in [0.2, 0.25) is 5.04 Å². The summed E-state index contributed by atoms with van der Waals surface area (Å²) >= 11 is 3.12. The fraction of sp³-hybridized carbons (Fsp3) is 0.765. The average Bonchev–Trinajstić information content (AvgIpc) is 3.13. The topological polar surface area (TPSA) is 23.3 Å². The number of ketones is 1. The van der Waals surface area contributed by atoms with Gasteiger partial charge in [-0.05, 0) is 32.6 Å².